The molecule has 0 aromatic heterocycles. The van der Waals surface area contributed by atoms with E-state index in [-0.39, 0.29) is 0 Å². The highest BCUT2D eigenvalue weighted by atomic mass is 32.2. The molecule has 0 saturated carbocycles. The molecule has 0 saturated heterocycles. The maximum Gasteiger partial charge on any atom is 0.468 e. The largest absolute Gasteiger partial charge is 0.468 e. The minimum Gasteiger partial charge on any atom is -0.421 e. The summed E-state index contributed by atoms with van der Waals surface area (Å²) in [6.07, 6.45) is -9.62. The van der Waals surface area contributed by atoms with Crippen LogP contribution in [0.4, 0.5) is 30.7 Å². The van der Waals surface area contributed by atoms with Crippen molar-refractivity contribution in [3.8, 4) is 5.75 Å². The molecule has 36 heavy (non-hydrogen) atoms. The van der Waals surface area contributed by atoms with Gasteiger partial charge in [-0.1, -0.05) is 24.3 Å². The van der Waals surface area contributed by atoms with E-state index >= 15 is 0 Å². The molecule has 0 spiro atoms. The third kappa shape index (κ3) is 7.16. The molecule has 0 aliphatic heterocycles. The average Bonchev–Trinajstić information content (AvgIpc) is 2.72. The van der Waals surface area contributed by atoms with E-state index in [1.807, 2.05) is 0 Å². The zero-order valence-corrected chi connectivity index (χ0v) is 19.5. The van der Waals surface area contributed by atoms with Gasteiger partial charge in [-0.05, 0) is 38.8 Å². The number of hydrogen-bond donors (Lipinski definition) is 1. The first-order valence-electron chi connectivity index (χ1n) is 9.79. The zero-order chi connectivity index (χ0) is 28.2. The number of hydrogen-bond acceptors (Lipinski definition) is 7. The van der Waals surface area contributed by atoms with Crippen molar-refractivity contribution in [2.45, 2.75) is 56.3 Å². The first-order valence-corrected chi connectivity index (χ1v) is 11.2. The monoisotopic (exact) mass is 554 g/mol. The molecule has 0 bridgehead atoms. The highest BCUT2D eigenvalue weighted by molar-refractivity contribution is 7.87. The molecule has 0 amide bonds. The molecule has 1 aromatic rings. The Morgan fingerprint density at radius 3 is 1.97 bits per heavy atom. The lowest BCUT2D eigenvalue weighted by Crippen LogP contribution is -2.59. The molecule has 16 heteroatoms. The van der Waals surface area contributed by atoms with E-state index < -0.39 is 82.4 Å². The fourth-order valence-corrected chi connectivity index (χ4v) is 2.86. The molecule has 1 N–H and O–H groups in total. The van der Waals surface area contributed by atoms with E-state index in [9.17, 15) is 48.7 Å². The van der Waals surface area contributed by atoms with Crippen LogP contribution in [0.25, 0.3) is 0 Å². The summed E-state index contributed by atoms with van der Waals surface area (Å²) in [6, 6.07) is 4.99. The van der Waals surface area contributed by atoms with Crippen molar-refractivity contribution in [3.63, 3.8) is 0 Å². The Morgan fingerprint density at radius 2 is 1.53 bits per heavy atom. The molecule has 204 valence electrons. The van der Waals surface area contributed by atoms with Crippen LogP contribution in [0.3, 0.4) is 0 Å². The van der Waals surface area contributed by atoms with Crippen LogP contribution in [0.1, 0.15) is 31.7 Å². The third-order valence-corrected chi connectivity index (χ3v) is 5.35. The molecule has 0 aliphatic rings. The summed E-state index contributed by atoms with van der Waals surface area (Å²) < 4.78 is 138. The van der Waals surface area contributed by atoms with Crippen molar-refractivity contribution in [1.82, 2.24) is 0 Å². The Kier molecular flexibility index (Phi) is 9.68. The second-order valence-corrected chi connectivity index (χ2v) is 8.95. The molecule has 1 rings (SSSR count). The van der Waals surface area contributed by atoms with Crippen LogP contribution >= 0.6 is 0 Å². The molecule has 1 aromatic carbocycles. The van der Waals surface area contributed by atoms with Gasteiger partial charge in [-0.15, -0.1) is 0 Å². The summed E-state index contributed by atoms with van der Waals surface area (Å²) in [4.78, 5) is 24.4. The smallest absolute Gasteiger partial charge is 0.421 e. The number of rotatable bonds is 12. The molecule has 0 heterocycles. The summed E-state index contributed by atoms with van der Waals surface area (Å²) in [5.41, 5.74) is 0.0701. The van der Waals surface area contributed by atoms with Gasteiger partial charge in [-0.25, -0.2) is 9.59 Å². The number of esters is 2. The van der Waals surface area contributed by atoms with Gasteiger partial charge in [0.25, 0.3) is 0 Å². The quantitative estimate of drug-likeness (QED) is 0.0760. The Hall–Kier alpha value is -2.72. The maximum absolute atomic E-state index is 14.0. The van der Waals surface area contributed by atoms with Crippen LogP contribution < -0.4 is 4.74 Å². The van der Waals surface area contributed by atoms with Crippen LogP contribution in [0.5, 0.6) is 5.75 Å². The molecule has 8 nitrogen and oxygen atoms in total. The minimum absolute atomic E-state index is 0.402. The van der Waals surface area contributed by atoms with Gasteiger partial charge in [0, 0.05) is 12.0 Å². The summed E-state index contributed by atoms with van der Waals surface area (Å²) in [7, 11) is -6.50. The van der Waals surface area contributed by atoms with E-state index in [0.717, 1.165) is 19.1 Å². The molecule has 1 unspecified atom stereocenters. The minimum atomic E-state index is -6.50. The lowest BCUT2D eigenvalue weighted by molar-refractivity contribution is -0.352. The number of alkyl halides is 7. The van der Waals surface area contributed by atoms with E-state index in [4.69, 9.17) is 4.55 Å². The lowest BCUT2D eigenvalue weighted by Gasteiger charge is -2.32. The summed E-state index contributed by atoms with van der Waals surface area (Å²) in [5, 5.41) is -5.87. The Morgan fingerprint density at radius 1 is 1.00 bits per heavy atom. The van der Waals surface area contributed by atoms with Crippen LogP contribution in [-0.4, -0.2) is 54.7 Å². The summed E-state index contributed by atoms with van der Waals surface area (Å²) in [5.74, 6) is -14.1. The number of ether oxygens (including phenoxy) is 3. The molecule has 0 radical (unpaired) electrons. The van der Waals surface area contributed by atoms with Crippen molar-refractivity contribution in [2.75, 3.05) is 6.61 Å². The Balaban J connectivity index is 3.12. The van der Waals surface area contributed by atoms with Crippen molar-refractivity contribution < 1.29 is 67.5 Å². The number of benzene rings is 1. The summed E-state index contributed by atoms with van der Waals surface area (Å²) in [6.45, 7) is 4.39. The highest BCUT2D eigenvalue weighted by Crippen LogP contribution is 2.42. The van der Waals surface area contributed by atoms with E-state index in [0.29, 0.717) is 5.56 Å². The van der Waals surface area contributed by atoms with E-state index in [1.165, 1.54) is 12.1 Å². The Bertz CT molecular complexity index is 1070. The van der Waals surface area contributed by atoms with E-state index in [1.54, 1.807) is 6.92 Å². The SMILES string of the molecule is C=C(C)C(=O)OC(OCCCCC(F)(F)C(F)(F)S(=O)(=O)O)(C(=O)Oc1ccc(C)cc1)C(F)(F)F. The first kappa shape index (κ1) is 31.3. The van der Waals surface area contributed by atoms with Gasteiger partial charge in [0.2, 0.25) is 0 Å². The normalized spacial score (nSPS) is 14.6. The van der Waals surface area contributed by atoms with Gasteiger partial charge < -0.3 is 14.2 Å². The van der Waals surface area contributed by atoms with Crippen LogP contribution in [0, 0.1) is 6.92 Å². The number of carbonyl (C=O) groups is 2. The Labute approximate surface area is 200 Å². The standard InChI is InChI=1S/C20H21F7O8S/c1-12(2)15(28)35-18(19(23,24)25,16(29)34-14-8-6-13(3)7-9-14)33-11-5-4-10-17(21,22)20(26,27)36(30,31)32/h6-9H,1,4-5,10-11H2,2-3H3,(H,30,31,32). The van der Waals surface area contributed by atoms with Gasteiger partial charge >= 0.3 is 45.2 Å². The average molecular weight is 554 g/mol. The third-order valence-electron chi connectivity index (χ3n) is 4.40. The van der Waals surface area contributed by atoms with Crippen LogP contribution in [0.15, 0.2) is 36.4 Å². The second kappa shape index (κ2) is 11.1. The number of carbonyl (C=O) groups excluding carboxylic acids is 2. The van der Waals surface area contributed by atoms with Gasteiger partial charge in [0.05, 0.1) is 6.61 Å². The second-order valence-electron chi connectivity index (χ2n) is 7.49. The summed E-state index contributed by atoms with van der Waals surface area (Å²) >= 11 is 0. The van der Waals surface area contributed by atoms with Gasteiger partial charge in [-0.3, -0.25) is 4.55 Å². The highest BCUT2D eigenvalue weighted by Gasteiger charge is 2.68. The van der Waals surface area contributed by atoms with Crippen LogP contribution in [0.2, 0.25) is 0 Å². The maximum atomic E-state index is 14.0. The van der Waals surface area contributed by atoms with Crippen molar-refractivity contribution >= 4 is 22.1 Å². The van der Waals surface area contributed by atoms with E-state index in [2.05, 4.69) is 20.8 Å². The van der Waals surface area contributed by atoms with Crippen molar-refractivity contribution in [2.24, 2.45) is 0 Å². The zero-order valence-electron chi connectivity index (χ0n) is 18.7. The number of unbranched alkanes of at least 4 members (excludes halogenated alkanes) is 1. The predicted octanol–water partition coefficient (Wildman–Crippen LogP) is 4.58. The van der Waals surface area contributed by atoms with Crippen molar-refractivity contribution in [3.05, 3.63) is 42.0 Å². The predicted molar refractivity (Wildman–Crippen MR) is 108 cm³/mol. The number of halogens is 7. The molecular weight excluding hydrogens is 533 g/mol. The fourth-order valence-electron chi connectivity index (χ4n) is 2.38. The molecule has 1 atom stereocenters. The molecular formula is C20H21F7O8S. The van der Waals surface area contributed by atoms with Crippen molar-refractivity contribution in [1.29, 1.82) is 0 Å². The van der Waals surface area contributed by atoms with Gasteiger partial charge in [0.15, 0.2) is 0 Å². The number of aryl methyl sites for hydroxylation is 1. The fraction of sp³-hybridized carbons (Fsp3) is 0.500. The van der Waals surface area contributed by atoms with Gasteiger partial charge in [-0.2, -0.15) is 39.2 Å². The first-order chi connectivity index (χ1) is 16.2. The lowest BCUT2D eigenvalue weighted by atomic mass is 10.1. The van der Waals surface area contributed by atoms with Crippen LogP contribution in [-0.2, 0) is 29.2 Å². The molecule has 0 aliphatic carbocycles. The van der Waals surface area contributed by atoms with Gasteiger partial charge in [0.1, 0.15) is 5.75 Å². The molecule has 0 fully saturated rings. The topological polar surface area (TPSA) is 116 Å².